The molecule has 1 N–H and O–H groups in total. The van der Waals surface area contributed by atoms with Gasteiger partial charge in [-0.1, -0.05) is 23.9 Å². The molecule has 8 heteroatoms. The second-order valence-electron chi connectivity index (χ2n) is 7.50. The number of thioether (sulfide) groups is 1. The topological polar surface area (TPSA) is 80.5 Å². The van der Waals surface area contributed by atoms with Crippen molar-refractivity contribution in [1.29, 1.82) is 0 Å². The van der Waals surface area contributed by atoms with Crippen molar-refractivity contribution in [2.45, 2.75) is 38.0 Å². The van der Waals surface area contributed by atoms with Gasteiger partial charge < -0.3 is 19.4 Å². The summed E-state index contributed by atoms with van der Waals surface area (Å²) in [6.07, 6.45) is 3.79. The molecule has 162 valence electrons. The molecule has 1 fully saturated rings. The molecule has 1 aliphatic heterocycles. The minimum Gasteiger partial charge on any atom is -0.484 e. The number of aromatic nitrogens is 2. The Labute approximate surface area is 186 Å². The van der Waals surface area contributed by atoms with Crippen molar-refractivity contribution in [3.05, 3.63) is 60.0 Å². The second kappa shape index (κ2) is 10.3. The summed E-state index contributed by atoms with van der Waals surface area (Å²) in [4.78, 5) is 14.7. The summed E-state index contributed by atoms with van der Waals surface area (Å²) < 4.78 is 11.2. The highest BCUT2D eigenvalue weighted by molar-refractivity contribution is 7.99. The average Bonchev–Trinajstić information content (AvgIpc) is 3.25. The number of piperidine rings is 1. The minimum atomic E-state index is -0.119. The van der Waals surface area contributed by atoms with Gasteiger partial charge >= 0.3 is 0 Å². The Kier molecular flexibility index (Phi) is 7.09. The van der Waals surface area contributed by atoms with E-state index in [0.717, 1.165) is 30.1 Å². The van der Waals surface area contributed by atoms with Gasteiger partial charge in [0.2, 0.25) is 5.91 Å². The fourth-order valence-corrected chi connectivity index (χ4v) is 4.02. The van der Waals surface area contributed by atoms with Crippen LogP contribution in [0.1, 0.15) is 30.7 Å². The van der Waals surface area contributed by atoms with Crippen molar-refractivity contribution in [3.8, 4) is 5.75 Å². The van der Waals surface area contributed by atoms with Gasteiger partial charge in [0.15, 0.2) is 6.61 Å². The first-order valence-electron chi connectivity index (χ1n) is 10.5. The Balaban J connectivity index is 1.22. The standard InChI is InChI=1S/C23H26N4O3S/c1-17-6-5-7-20(14-17)29-15-22-25-26-23(30-22)31-16-21(28)24-18-8-10-19(11-9-18)27-12-3-2-4-13-27/h5-11,14H,2-4,12-13,15-16H2,1H3,(H,24,28). The quantitative estimate of drug-likeness (QED) is 0.512. The molecule has 7 nitrogen and oxygen atoms in total. The molecule has 1 amide bonds. The van der Waals surface area contributed by atoms with E-state index in [-0.39, 0.29) is 18.3 Å². The Morgan fingerprint density at radius 3 is 2.71 bits per heavy atom. The third-order valence-corrected chi connectivity index (χ3v) is 5.82. The van der Waals surface area contributed by atoms with Crippen LogP contribution in [0.2, 0.25) is 0 Å². The Hall–Kier alpha value is -3.00. The van der Waals surface area contributed by atoms with E-state index in [1.807, 2.05) is 43.3 Å². The van der Waals surface area contributed by atoms with Crippen molar-refractivity contribution in [1.82, 2.24) is 10.2 Å². The number of anilines is 2. The average molecular weight is 439 g/mol. The van der Waals surface area contributed by atoms with Gasteiger partial charge in [-0.25, -0.2) is 0 Å². The van der Waals surface area contributed by atoms with Crippen LogP contribution < -0.4 is 15.0 Å². The second-order valence-corrected chi connectivity index (χ2v) is 8.42. The number of ether oxygens (including phenoxy) is 1. The number of nitrogens with zero attached hydrogens (tertiary/aromatic N) is 3. The summed E-state index contributed by atoms with van der Waals surface area (Å²) >= 11 is 1.20. The summed E-state index contributed by atoms with van der Waals surface area (Å²) in [6, 6.07) is 15.8. The number of rotatable bonds is 8. The maximum atomic E-state index is 12.3. The maximum absolute atomic E-state index is 12.3. The molecule has 0 saturated carbocycles. The fourth-order valence-electron chi connectivity index (χ4n) is 3.44. The van der Waals surface area contributed by atoms with E-state index >= 15 is 0 Å². The van der Waals surface area contributed by atoms with Crippen LogP contribution in [0.3, 0.4) is 0 Å². The molecule has 0 aliphatic carbocycles. The molecular formula is C23H26N4O3S. The van der Waals surface area contributed by atoms with E-state index in [0.29, 0.717) is 11.1 Å². The van der Waals surface area contributed by atoms with Crippen LogP contribution in [0.5, 0.6) is 5.75 Å². The molecule has 0 spiro atoms. The predicted molar refractivity (Wildman–Crippen MR) is 122 cm³/mol. The molecule has 4 rings (SSSR count). The van der Waals surface area contributed by atoms with Crippen LogP contribution in [0.4, 0.5) is 11.4 Å². The highest BCUT2D eigenvalue weighted by Gasteiger charge is 2.12. The summed E-state index contributed by atoms with van der Waals surface area (Å²) in [7, 11) is 0. The zero-order valence-corrected chi connectivity index (χ0v) is 18.4. The number of carbonyl (C=O) groups is 1. The number of hydrogen-bond acceptors (Lipinski definition) is 7. The zero-order valence-electron chi connectivity index (χ0n) is 17.5. The minimum absolute atomic E-state index is 0.119. The van der Waals surface area contributed by atoms with Crippen molar-refractivity contribution >= 4 is 29.0 Å². The van der Waals surface area contributed by atoms with Gasteiger partial charge in [0, 0.05) is 24.5 Å². The Morgan fingerprint density at radius 1 is 1.13 bits per heavy atom. The van der Waals surface area contributed by atoms with Crippen LogP contribution in [0.15, 0.2) is 58.2 Å². The van der Waals surface area contributed by atoms with Crippen LogP contribution in [-0.2, 0) is 11.4 Å². The molecule has 2 aromatic carbocycles. The first-order chi connectivity index (χ1) is 15.2. The van der Waals surface area contributed by atoms with Gasteiger partial charge in [-0.3, -0.25) is 4.79 Å². The number of hydrogen-bond donors (Lipinski definition) is 1. The lowest BCUT2D eigenvalue weighted by Gasteiger charge is -2.28. The SMILES string of the molecule is Cc1cccc(OCc2nnc(SCC(=O)Nc3ccc(N4CCCCC4)cc3)o2)c1. The highest BCUT2D eigenvalue weighted by atomic mass is 32.2. The van der Waals surface area contributed by atoms with E-state index in [9.17, 15) is 4.79 Å². The van der Waals surface area contributed by atoms with Gasteiger partial charge in [-0.05, 0) is 68.1 Å². The molecule has 3 aromatic rings. The lowest BCUT2D eigenvalue weighted by molar-refractivity contribution is -0.113. The predicted octanol–water partition coefficient (Wildman–Crippen LogP) is 4.68. The van der Waals surface area contributed by atoms with Crippen molar-refractivity contribution in [2.75, 3.05) is 29.1 Å². The van der Waals surface area contributed by atoms with E-state index in [1.165, 1.54) is 36.7 Å². The van der Waals surface area contributed by atoms with Crippen LogP contribution in [0, 0.1) is 6.92 Å². The lowest BCUT2D eigenvalue weighted by atomic mass is 10.1. The Morgan fingerprint density at radius 2 is 1.94 bits per heavy atom. The summed E-state index contributed by atoms with van der Waals surface area (Å²) in [5.74, 6) is 1.19. The van der Waals surface area contributed by atoms with Gasteiger partial charge in [0.05, 0.1) is 5.75 Å². The van der Waals surface area contributed by atoms with Gasteiger partial charge in [0.25, 0.3) is 11.1 Å². The summed E-state index contributed by atoms with van der Waals surface area (Å²) in [6.45, 7) is 4.39. The summed E-state index contributed by atoms with van der Waals surface area (Å²) in [5, 5.41) is 11.2. The van der Waals surface area contributed by atoms with Crippen LogP contribution in [-0.4, -0.2) is 34.9 Å². The smallest absolute Gasteiger partial charge is 0.277 e. The molecule has 31 heavy (non-hydrogen) atoms. The first-order valence-corrected chi connectivity index (χ1v) is 11.4. The molecule has 2 heterocycles. The number of aryl methyl sites for hydroxylation is 1. The number of benzene rings is 2. The monoisotopic (exact) mass is 438 g/mol. The highest BCUT2D eigenvalue weighted by Crippen LogP contribution is 2.23. The summed E-state index contributed by atoms with van der Waals surface area (Å²) in [5.41, 5.74) is 3.11. The number of amides is 1. The molecular weight excluding hydrogens is 412 g/mol. The maximum Gasteiger partial charge on any atom is 0.277 e. The van der Waals surface area contributed by atoms with E-state index in [1.54, 1.807) is 0 Å². The van der Waals surface area contributed by atoms with E-state index in [4.69, 9.17) is 9.15 Å². The molecule has 1 saturated heterocycles. The zero-order chi connectivity index (χ0) is 21.5. The third kappa shape index (κ3) is 6.24. The van der Waals surface area contributed by atoms with Crippen LogP contribution >= 0.6 is 11.8 Å². The third-order valence-electron chi connectivity index (χ3n) is 5.00. The van der Waals surface area contributed by atoms with Crippen molar-refractivity contribution < 1.29 is 13.9 Å². The van der Waals surface area contributed by atoms with Gasteiger partial charge in [-0.2, -0.15) is 0 Å². The molecule has 0 radical (unpaired) electrons. The molecule has 0 unspecified atom stereocenters. The number of carbonyl (C=O) groups excluding carboxylic acids is 1. The molecule has 1 aliphatic rings. The van der Waals surface area contributed by atoms with E-state index < -0.39 is 0 Å². The lowest BCUT2D eigenvalue weighted by Crippen LogP contribution is -2.29. The fraction of sp³-hybridized carbons (Fsp3) is 0.348. The van der Waals surface area contributed by atoms with Gasteiger partial charge in [0.1, 0.15) is 5.75 Å². The van der Waals surface area contributed by atoms with Crippen LogP contribution in [0.25, 0.3) is 0 Å². The Bertz CT molecular complexity index is 1000. The largest absolute Gasteiger partial charge is 0.484 e. The first kappa shape index (κ1) is 21.2. The molecule has 0 bridgehead atoms. The van der Waals surface area contributed by atoms with Crippen molar-refractivity contribution in [3.63, 3.8) is 0 Å². The van der Waals surface area contributed by atoms with Gasteiger partial charge in [-0.15, -0.1) is 10.2 Å². The number of nitrogens with one attached hydrogen (secondary N) is 1. The molecule has 1 aromatic heterocycles. The van der Waals surface area contributed by atoms with Crippen molar-refractivity contribution in [2.24, 2.45) is 0 Å². The normalized spacial score (nSPS) is 13.8. The van der Waals surface area contributed by atoms with E-state index in [2.05, 4.69) is 32.5 Å². The molecule has 0 atom stereocenters.